The summed E-state index contributed by atoms with van der Waals surface area (Å²) in [7, 11) is 4.11. The zero-order valence-corrected chi connectivity index (χ0v) is 10.2. The van der Waals surface area contributed by atoms with Crippen molar-refractivity contribution < 1.29 is 0 Å². The van der Waals surface area contributed by atoms with Gasteiger partial charge in [0, 0.05) is 38.1 Å². The molecule has 1 saturated carbocycles. The van der Waals surface area contributed by atoms with E-state index < -0.39 is 0 Å². The second-order valence-electron chi connectivity index (χ2n) is 4.55. The number of nitrogens with zero attached hydrogens (tertiary/aromatic N) is 2. The van der Waals surface area contributed by atoms with Gasteiger partial charge in [0.2, 0.25) is 0 Å². The number of nitrogens with one attached hydrogen (secondary N) is 1. The van der Waals surface area contributed by atoms with Gasteiger partial charge in [-0.1, -0.05) is 19.3 Å². The maximum atomic E-state index is 4.25. The molecule has 1 fully saturated rings. The third kappa shape index (κ3) is 2.46. The van der Waals surface area contributed by atoms with Crippen molar-refractivity contribution >= 4 is 11.5 Å². The highest BCUT2D eigenvalue weighted by atomic mass is 15.1. The van der Waals surface area contributed by atoms with Crippen LogP contribution in [0.3, 0.4) is 0 Å². The van der Waals surface area contributed by atoms with Gasteiger partial charge in [0.25, 0.3) is 0 Å². The smallest absolute Gasteiger partial charge is 0.127 e. The molecular formula is C13H21N3. The van der Waals surface area contributed by atoms with Crippen molar-refractivity contribution in [1.29, 1.82) is 0 Å². The van der Waals surface area contributed by atoms with Crippen LogP contribution in [-0.2, 0) is 0 Å². The SMILES string of the molecule is CNc1cc(N(C)C2CCCCC2)ccn1. The summed E-state index contributed by atoms with van der Waals surface area (Å²) in [5.74, 6) is 0.945. The van der Waals surface area contributed by atoms with Crippen molar-refractivity contribution in [1.82, 2.24) is 4.98 Å². The molecule has 2 rings (SSSR count). The van der Waals surface area contributed by atoms with Gasteiger partial charge < -0.3 is 10.2 Å². The summed E-state index contributed by atoms with van der Waals surface area (Å²) < 4.78 is 0. The highest BCUT2D eigenvalue weighted by molar-refractivity contribution is 5.53. The molecule has 1 N–H and O–H groups in total. The summed E-state index contributed by atoms with van der Waals surface area (Å²) in [6.45, 7) is 0. The zero-order valence-electron chi connectivity index (χ0n) is 10.2. The van der Waals surface area contributed by atoms with E-state index in [0.29, 0.717) is 6.04 Å². The van der Waals surface area contributed by atoms with Gasteiger partial charge >= 0.3 is 0 Å². The Kier molecular flexibility index (Phi) is 3.65. The molecule has 1 heterocycles. The molecule has 0 bridgehead atoms. The minimum atomic E-state index is 0.709. The summed E-state index contributed by atoms with van der Waals surface area (Å²) in [5.41, 5.74) is 1.27. The molecule has 0 spiro atoms. The number of rotatable bonds is 3. The Morgan fingerprint density at radius 3 is 2.75 bits per heavy atom. The Bertz CT molecular complexity index is 332. The molecule has 1 aromatic rings. The van der Waals surface area contributed by atoms with Crippen molar-refractivity contribution in [3.05, 3.63) is 18.3 Å². The highest BCUT2D eigenvalue weighted by Crippen LogP contribution is 2.26. The highest BCUT2D eigenvalue weighted by Gasteiger charge is 2.18. The van der Waals surface area contributed by atoms with Crippen molar-refractivity contribution in [2.75, 3.05) is 24.3 Å². The number of pyridine rings is 1. The molecule has 0 amide bonds. The van der Waals surface area contributed by atoms with Crippen LogP contribution < -0.4 is 10.2 Å². The standard InChI is InChI=1S/C13H21N3/c1-14-13-10-12(8-9-15-13)16(2)11-6-4-3-5-7-11/h8-11H,3-7H2,1-2H3,(H,14,15). The topological polar surface area (TPSA) is 28.2 Å². The Labute approximate surface area is 97.9 Å². The van der Waals surface area contributed by atoms with Gasteiger partial charge in [-0.15, -0.1) is 0 Å². The Morgan fingerprint density at radius 2 is 2.06 bits per heavy atom. The first-order valence-corrected chi connectivity index (χ1v) is 6.18. The van der Waals surface area contributed by atoms with Crippen LogP contribution in [0.1, 0.15) is 32.1 Å². The first-order chi connectivity index (χ1) is 7.81. The average Bonchev–Trinajstić information content (AvgIpc) is 2.39. The molecule has 0 atom stereocenters. The van der Waals surface area contributed by atoms with E-state index in [4.69, 9.17) is 0 Å². The molecule has 0 radical (unpaired) electrons. The van der Waals surface area contributed by atoms with Gasteiger partial charge in [-0.05, 0) is 18.9 Å². The van der Waals surface area contributed by atoms with Gasteiger partial charge in [-0.25, -0.2) is 4.98 Å². The monoisotopic (exact) mass is 219 g/mol. The van der Waals surface area contributed by atoms with Crippen molar-refractivity contribution in [2.45, 2.75) is 38.1 Å². The van der Waals surface area contributed by atoms with Gasteiger partial charge in [0.1, 0.15) is 5.82 Å². The second-order valence-corrected chi connectivity index (χ2v) is 4.55. The summed E-state index contributed by atoms with van der Waals surface area (Å²) in [6, 6.07) is 4.92. The van der Waals surface area contributed by atoms with Crippen molar-refractivity contribution in [3.8, 4) is 0 Å². The van der Waals surface area contributed by atoms with E-state index in [-0.39, 0.29) is 0 Å². The first kappa shape index (κ1) is 11.2. The molecule has 0 unspecified atom stereocenters. The molecule has 3 heteroatoms. The summed E-state index contributed by atoms with van der Waals surface area (Å²) in [4.78, 5) is 6.65. The van der Waals surface area contributed by atoms with Gasteiger partial charge in [-0.3, -0.25) is 0 Å². The van der Waals surface area contributed by atoms with Crippen molar-refractivity contribution in [2.24, 2.45) is 0 Å². The van der Waals surface area contributed by atoms with Gasteiger partial charge in [0.05, 0.1) is 0 Å². The Balaban J connectivity index is 2.09. The maximum absolute atomic E-state index is 4.25. The zero-order chi connectivity index (χ0) is 11.4. The summed E-state index contributed by atoms with van der Waals surface area (Å²) in [5, 5.41) is 3.09. The van der Waals surface area contributed by atoms with E-state index in [0.717, 1.165) is 5.82 Å². The lowest BCUT2D eigenvalue weighted by molar-refractivity contribution is 0.427. The van der Waals surface area contributed by atoms with E-state index in [2.05, 4.69) is 34.4 Å². The van der Waals surface area contributed by atoms with Crippen LogP contribution >= 0.6 is 0 Å². The Hall–Kier alpha value is -1.25. The molecular weight excluding hydrogens is 198 g/mol. The number of aromatic nitrogens is 1. The molecule has 3 nitrogen and oxygen atoms in total. The van der Waals surface area contributed by atoms with Crippen LogP contribution in [0.2, 0.25) is 0 Å². The molecule has 1 aromatic heterocycles. The quantitative estimate of drug-likeness (QED) is 0.847. The minimum Gasteiger partial charge on any atom is -0.373 e. The lowest BCUT2D eigenvalue weighted by Crippen LogP contribution is -2.33. The van der Waals surface area contributed by atoms with Crippen LogP contribution in [0.25, 0.3) is 0 Å². The fourth-order valence-corrected chi connectivity index (χ4v) is 2.45. The molecule has 88 valence electrons. The maximum Gasteiger partial charge on any atom is 0.127 e. The fourth-order valence-electron chi connectivity index (χ4n) is 2.45. The minimum absolute atomic E-state index is 0.709. The normalized spacial score (nSPS) is 17.1. The number of hydrogen-bond acceptors (Lipinski definition) is 3. The van der Waals surface area contributed by atoms with Crippen LogP contribution in [0, 0.1) is 0 Å². The molecule has 0 aromatic carbocycles. The molecule has 1 aliphatic rings. The number of hydrogen-bond donors (Lipinski definition) is 1. The lowest BCUT2D eigenvalue weighted by atomic mass is 9.94. The van der Waals surface area contributed by atoms with E-state index in [1.54, 1.807) is 0 Å². The second kappa shape index (κ2) is 5.19. The van der Waals surface area contributed by atoms with E-state index in [1.165, 1.54) is 37.8 Å². The molecule has 1 aliphatic carbocycles. The number of anilines is 2. The molecule has 0 aliphatic heterocycles. The van der Waals surface area contributed by atoms with E-state index in [1.807, 2.05) is 13.2 Å². The van der Waals surface area contributed by atoms with Gasteiger partial charge in [-0.2, -0.15) is 0 Å². The summed E-state index contributed by atoms with van der Waals surface area (Å²) in [6.07, 6.45) is 8.68. The van der Waals surface area contributed by atoms with Crippen LogP contribution in [0.5, 0.6) is 0 Å². The molecule has 0 saturated heterocycles. The van der Waals surface area contributed by atoms with Crippen LogP contribution in [0.15, 0.2) is 18.3 Å². The lowest BCUT2D eigenvalue weighted by Gasteiger charge is -2.33. The van der Waals surface area contributed by atoms with Crippen LogP contribution in [0.4, 0.5) is 11.5 Å². The average molecular weight is 219 g/mol. The van der Waals surface area contributed by atoms with Gasteiger partial charge in [0.15, 0.2) is 0 Å². The summed E-state index contributed by atoms with van der Waals surface area (Å²) >= 11 is 0. The Morgan fingerprint density at radius 1 is 1.31 bits per heavy atom. The molecule has 16 heavy (non-hydrogen) atoms. The van der Waals surface area contributed by atoms with E-state index in [9.17, 15) is 0 Å². The van der Waals surface area contributed by atoms with Crippen LogP contribution in [-0.4, -0.2) is 25.1 Å². The largest absolute Gasteiger partial charge is 0.373 e. The predicted octanol–water partition coefficient (Wildman–Crippen LogP) is 2.89. The third-order valence-electron chi connectivity index (χ3n) is 3.53. The van der Waals surface area contributed by atoms with E-state index >= 15 is 0 Å². The van der Waals surface area contributed by atoms with Crippen molar-refractivity contribution in [3.63, 3.8) is 0 Å². The predicted molar refractivity (Wildman–Crippen MR) is 69.1 cm³/mol. The first-order valence-electron chi connectivity index (χ1n) is 6.18. The fraction of sp³-hybridized carbons (Fsp3) is 0.615. The third-order valence-corrected chi connectivity index (χ3v) is 3.53.